The number of ether oxygens (including phenoxy) is 2. The molecule has 1 aliphatic carbocycles. The van der Waals surface area contributed by atoms with E-state index >= 15 is 0 Å². The zero-order valence-electron chi connectivity index (χ0n) is 15.5. The van der Waals surface area contributed by atoms with Crippen molar-refractivity contribution in [2.24, 2.45) is 0 Å². The molecule has 5 nitrogen and oxygen atoms in total. The number of methoxy groups -OCH3 is 1. The van der Waals surface area contributed by atoms with Crippen LogP contribution in [-0.4, -0.2) is 25.6 Å². The maximum Gasteiger partial charge on any atom is 0.341 e. The Hall–Kier alpha value is -1.76. The molecule has 0 spiro atoms. The van der Waals surface area contributed by atoms with E-state index in [-0.39, 0.29) is 12.5 Å². The average Bonchev–Trinajstić information content (AvgIpc) is 2.98. The maximum absolute atomic E-state index is 12.4. The molecule has 0 atom stereocenters. The number of esters is 1. The predicted octanol–water partition coefficient (Wildman–Crippen LogP) is 5.52. The minimum Gasteiger partial charge on any atom is -0.482 e. The van der Waals surface area contributed by atoms with Crippen LogP contribution in [0, 0.1) is 0 Å². The molecule has 1 aromatic carbocycles. The topological polar surface area (TPSA) is 64.6 Å². The normalized spacial score (nSPS) is 13.8. The number of aryl methyl sites for hydroxylation is 1. The zero-order chi connectivity index (χ0) is 20.1. The van der Waals surface area contributed by atoms with E-state index in [1.807, 2.05) is 0 Å². The molecule has 1 aromatic heterocycles. The Morgan fingerprint density at radius 1 is 1.14 bits per heavy atom. The molecule has 1 heterocycles. The lowest BCUT2D eigenvalue weighted by molar-refractivity contribution is -0.118. The van der Waals surface area contributed by atoms with Crippen molar-refractivity contribution in [2.45, 2.75) is 38.5 Å². The van der Waals surface area contributed by atoms with Crippen molar-refractivity contribution in [3.63, 3.8) is 0 Å². The van der Waals surface area contributed by atoms with Gasteiger partial charge in [0.2, 0.25) is 0 Å². The van der Waals surface area contributed by atoms with Gasteiger partial charge in [-0.05, 0) is 43.4 Å². The molecule has 0 bridgehead atoms. The Bertz CT molecular complexity index is 881. The Morgan fingerprint density at radius 2 is 1.89 bits per heavy atom. The number of nitrogens with one attached hydrogen (secondary N) is 1. The van der Waals surface area contributed by atoms with Gasteiger partial charge in [0.05, 0.1) is 17.7 Å². The van der Waals surface area contributed by atoms with Crippen LogP contribution in [0.3, 0.4) is 0 Å². The summed E-state index contributed by atoms with van der Waals surface area (Å²) in [6.07, 6.45) is 6.16. The molecule has 0 saturated carbocycles. The number of carbonyl (C=O) groups excluding carboxylic acids is 2. The van der Waals surface area contributed by atoms with Crippen molar-refractivity contribution in [3.8, 4) is 5.75 Å². The zero-order valence-corrected chi connectivity index (χ0v) is 17.8. The first-order chi connectivity index (χ1) is 13.5. The second-order valence-electron chi connectivity index (χ2n) is 6.53. The van der Waals surface area contributed by atoms with Gasteiger partial charge in [-0.15, -0.1) is 11.3 Å². The lowest BCUT2D eigenvalue weighted by Crippen LogP contribution is -2.21. The number of fused-ring (bicyclic) bond motifs is 1. The van der Waals surface area contributed by atoms with E-state index in [1.54, 1.807) is 18.2 Å². The van der Waals surface area contributed by atoms with Crippen LogP contribution in [0.2, 0.25) is 10.0 Å². The summed E-state index contributed by atoms with van der Waals surface area (Å²) < 4.78 is 10.4. The van der Waals surface area contributed by atoms with Gasteiger partial charge in [-0.3, -0.25) is 4.79 Å². The molecule has 8 heteroatoms. The van der Waals surface area contributed by atoms with Crippen LogP contribution in [0.15, 0.2) is 18.2 Å². The molecule has 0 aliphatic heterocycles. The Labute approximate surface area is 177 Å². The number of anilines is 1. The van der Waals surface area contributed by atoms with Gasteiger partial charge in [-0.1, -0.05) is 36.0 Å². The molecule has 0 fully saturated rings. The third kappa shape index (κ3) is 4.99. The summed E-state index contributed by atoms with van der Waals surface area (Å²) in [6.45, 7) is -0.247. The fourth-order valence-electron chi connectivity index (χ4n) is 3.22. The Balaban J connectivity index is 1.77. The van der Waals surface area contributed by atoms with E-state index in [1.165, 1.54) is 24.9 Å². The molecule has 1 amide bonds. The highest BCUT2D eigenvalue weighted by Gasteiger charge is 2.26. The summed E-state index contributed by atoms with van der Waals surface area (Å²) in [5.41, 5.74) is 1.48. The molecule has 150 valence electrons. The van der Waals surface area contributed by atoms with E-state index in [0.717, 1.165) is 42.5 Å². The van der Waals surface area contributed by atoms with E-state index in [2.05, 4.69) is 5.32 Å². The number of halogens is 2. The van der Waals surface area contributed by atoms with Gasteiger partial charge in [-0.25, -0.2) is 4.79 Å². The summed E-state index contributed by atoms with van der Waals surface area (Å²) in [5.74, 6) is -0.474. The van der Waals surface area contributed by atoms with Crippen LogP contribution in [-0.2, 0) is 22.4 Å². The van der Waals surface area contributed by atoms with E-state index in [0.29, 0.717) is 26.4 Å². The van der Waals surface area contributed by atoms with Gasteiger partial charge in [-0.2, -0.15) is 0 Å². The average molecular weight is 442 g/mol. The number of amides is 1. The lowest BCUT2D eigenvalue weighted by atomic mass is 9.96. The van der Waals surface area contributed by atoms with Crippen LogP contribution >= 0.6 is 34.5 Å². The van der Waals surface area contributed by atoms with Gasteiger partial charge in [0.25, 0.3) is 5.91 Å². The number of benzene rings is 1. The first kappa shape index (κ1) is 21.0. The van der Waals surface area contributed by atoms with Crippen LogP contribution in [0.4, 0.5) is 5.00 Å². The first-order valence-electron chi connectivity index (χ1n) is 9.10. The summed E-state index contributed by atoms with van der Waals surface area (Å²) in [7, 11) is 1.35. The molecule has 1 N–H and O–H groups in total. The van der Waals surface area contributed by atoms with Crippen molar-refractivity contribution >= 4 is 51.4 Å². The number of rotatable bonds is 5. The van der Waals surface area contributed by atoms with Gasteiger partial charge >= 0.3 is 5.97 Å². The third-order valence-electron chi connectivity index (χ3n) is 4.57. The third-order valence-corrected chi connectivity index (χ3v) is 6.32. The van der Waals surface area contributed by atoms with Crippen molar-refractivity contribution in [1.82, 2.24) is 0 Å². The van der Waals surface area contributed by atoms with Crippen LogP contribution in [0.1, 0.15) is 46.5 Å². The predicted molar refractivity (Wildman–Crippen MR) is 112 cm³/mol. The fraction of sp³-hybridized carbons (Fsp3) is 0.400. The molecule has 1 aliphatic rings. The molecule has 0 radical (unpaired) electrons. The number of hydrogen-bond acceptors (Lipinski definition) is 5. The van der Waals surface area contributed by atoms with Crippen LogP contribution in [0.5, 0.6) is 5.75 Å². The van der Waals surface area contributed by atoms with Gasteiger partial charge < -0.3 is 14.8 Å². The minimum atomic E-state index is -0.424. The Kier molecular flexibility index (Phi) is 7.21. The number of hydrogen-bond donors (Lipinski definition) is 1. The highest BCUT2D eigenvalue weighted by molar-refractivity contribution is 7.17. The van der Waals surface area contributed by atoms with Crippen LogP contribution in [0.25, 0.3) is 0 Å². The summed E-state index contributed by atoms with van der Waals surface area (Å²) in [4.78, 5) is 26.0. The van der Waals surface area contributed by atoms with Gasteiger partial charge in [0.1, 0.15) is 10.8 Å². The Morgan fingerprint density at radius 3 is 2.64 bits per heavy atom. The monoisotopic (exact) mass is 441 g/mol. The smallest absolute Gasteiger partial charge is 0.341 e. The molecule has 3 rings (SSSR count). The van der Waals surface area contributed by atoms with E-state index < -0.39 is 5.97 Å². The largest absolute Gasteiger partial charge is 0.482 e. The molecule has 2 aromatic rings. The number of thiophene rings is 1. The van der Waals surface area contributed by atoms with Crippen molar-refractivity contribution in [3.05, 3.63) is 44.2 Å². The minimum absolute atomic E-state index is 0.247. The van der Waals surface area contributed by atoms with Crippen molar-refractivity contribution < 1.29 is 19.1 Å². The maximum atomic E-state index is 12.4. The number of carbonyl (C=O) groups is 2. The summed E-state index contributed by atoms with van der Waals surface area (Å²) in [5, 5.41) is 4.15. The molecule has 0 unspecified atom stereocenters. The van der Waals surface area contributed by atoms with Crippen molar-refractivity contribution in [1.29, 1.82) is 0 Å². The highest BCUT2D eigenvalue weighted by Crippen LogP contribution is 2.37. The second kappa shape index (κ2) is 9.63. The standard InChI is InChI=1S/C20H21Cl2NO4S/c1-26-20(25)18-13-6-4-2-3-5-7-16(13)28-19(18)23-17(24)11-27-15-10-12(21)8-9-14(15)22/h8-10H,2-7,11H2,1H3,(H,23,24). The highest BCUT2D eigenvalue weighted by atomic mass is 35.5. The summed E-state index contributed by atoms with van der Waals surface area (Å²) >= 11 is 13.4. The van der Waals surface area contributed by atoms with Crippen LogP contribution < -0.4 is 10.1 Å². The lowest BCUT2D eigenvalue weighted by Gasteiger charge is -2.11. The molecular weight excluding hydrogens is 421 g/mol. The fourth-order valence-corrected chi connectivity index (χ4v) is 4.85. The quantitative estimate of drug-likeness (QED) is 0.620. The summed E-state index contributed by atoms with van der Waals surface area (Å²) in [6, 6.07) is 4.79. The molecule has 28 heavy (non-hydrogen) atoms. The second-order valence-corrected chi connectivity index (χ2v) is 8.47. The van der Waals surface area contributed by atoms with E-state index in [4.69, 9.17) is 32.7 Å². The van der Waals surface area contributed by atoms with Crippen molar-refractivity contribution in [2.75, 3.05) is 19.0 Å². The molecular formula is C20H21Cl2NO4S. The SMILES string of the molecule is COC(=O)c1c(NC(=O)COc2cc(Cl)ccc2Cl)sc2c1CCCCCC2. The van der Waals surface area contributed by atoms with Gasteiger partial charge in [0.15, 0.2) is 6.61 Å². The van der Waals surface area contributed by atoms with E-state index in [9.17, 15) is 9.59 Å². The first-order valence-corrected chi connectivity index (χ1v) is 10.7. The van der Waals surface area contributed by atoms with Gasteiger partial charge in [0, 0.05) is 16.0 Å². The molecule has 0 saturated heterocycles.